The van der Waals surface area contributed by atoms with Gasteiger partial charge in [0.2, 0.25) is 0 Å². The summed E-state index contributed by atoms with van der Waals surface area (Å²) in [5.74, 6) is 3.72. The minimum Gasteiger partial charge on any atom is -0.353 e. The lowest BCUT2D eigenvalue weighted by Gasteiger charge is -2.36. The van der Waals surface area contributed by atoms with Crippen molar-refractivity contribution in [2.75, 3.05) is 50.1 Å². The molecule has 1 aliphatic rings. The summed E-state index contributed by atoms with van der Waals surface area (Å²) in [4.78, 5) is 26.7. The van der Waals surface area contributed by atoms with Gasteiger partial charge in [-0.1, -0.05) is 30.3 Å². The molecule has 0 spiro atoms. The molecule has 4 aromatic rings. The molecule has 1 saturated heterocycles. The molecule has 0 amide bonds. The zero-order valence-corrected chi connectivity index (χ0v) is 19.5. The Morgan fingerprint density at radius 1 is 0.938 bits per heavy atom. The molecule has 1 aromatic carbocycles. The molecule has 3 aromatic heterocycles. The Morgan fingerprint density at radius 2 is 1.69 bits per heavy atom. The van der Waals surface area contributed by atoms with Gasteiger partial charge < -0.3 is 14.7 Å². The van der Waals surface area contributed by atoms with Crippen molar-refractivity contribution < 1.29 is 0 Å². The minimum atomic E-state index is 0.724. The Bertz CT molecular complexity index is 1210. The normalized spacial score (nSPS) is 14.5. The maximum Gasteiger partial charge on any atom is 0.146 e. The Balaban J connectivity index is 1.51. The van der Waals surface area contributed by atoms with E-state index in [1.165, 1.54) is 11.1 Å². The van der Waals surface area contributed by atoms with Crippen LogP contribution in [0.1, 0.15) is 11.6 Å². The third-order valence-corrected chi connectivity index (χ3v) is 6.54. The van der Waals surface area contributed by atoms with Crippen molar-refractivity contribution in [1.29, 1.82) is 0 Å². The number of aryl methyl sites for hydroxylation is 1. The van der Waals surface area contributed by atoms with Crippen molar-refractivity contribution in [3.05, 3.63) is 59.6 Å². The zero-order chi connectivity index (χ0) is 22.1. The molecule has 4 heterocycles. The van der Waals surface area contributed by atoms with Gasteiger partial charge in [-0.2, -0.15) is 0 Å². The quantitative estimate of drug-likeness (QED) is 0.462. The SMILES string of the molecule is Cc1nccc(N2CCN(c3nc(CN(C)C)nc4scc(-c5ccccc5)c34)CC2)n1. The molecule has 164 valence electrons. The molecule has 0 bridgehead atoms. The fourth-order valence-electron chi connectivity index (χ4n) is 4.15. The monoisotopic (exact) mass is 445 g/mol. The maximum atomic E-state index is 5.07. The Labute approximate surface area is 192 Å². The molecule has 0 N–H and O–H groups in total. The molecule has 5 rings (SSSR count). The predicted octanol–water partition coefficient (Wildman–Crippen LogP) is 3.84. The van der Waals surface area contributed by atoms with Gasteiger partial charge in [0.25, 0.3) is 0 Å². The van der Waals surface area contributed by atoms with Crippen LogP contribution in [0.3, 0.4) is 0 Å². The van der Waals surface area contributed by atoms with E-state index >= 15 is 0 Å². The number of hydrogen-bond donors (Lipinski definition) is 0. The van der Waals surface area contributed by atoms with E-state index in [2.05, 4.69) is 74.5 Å². The number of fused-ring (bicyclic) bond motifs is 1. The van der Waals surface area contributed by atoms with E-state index in [1.54, 1.807) is 11.3 Å². The van der Waals surface area contributed by atoms with Crippen molar-refractivity contribution in [1.82, 2.24) is 24.8 Å². The number of aromatic nitrogens is 4. The summed E-state index contributed by atoms with van der Waals surface area (Å²) in [6, 6.07) is 12.5. The largest absolute Gasteiger partial charge is 0.353 e. The molecule has 32 heavy (non-hydrogen) atoms. The molecule has 0 unspecified atom stereocenters. The standard InChI is InChI=1S/C24H27N7S/c1-17-25-10-9-21(26-17)30-11-13-31(14-12-30)23-22-19(18-7-5-4-6-8-18)16-32-24(22)28-20(27-23)15-29(2)3/h4-10,16H,11-15H2,1-3H3. The van der Waals surface area contributed by atoms with Crippen LogP contribution in [-0.2, 0) is 6.54 Å². The number of piperazine rings is 1. The number of nitrogens with zero attached hydrogens (tertiary/aromatic N) is 7. The second kappa shape index (κ2) is 8.80. The summed E-state index contributed by atoms with van der Waals surface area (Å²) in [6.07, 6.45) is 1.84. The molecule has 0 atom stereocenters. The Kier molecular flexibility index (Phi) is 5.71. The van der Waals surface area contributed by atoms with Gasteiger partial charge in [0.15, 0.2) is 0 Å². The molecular formula is C24H27N7S. The van der Waals surface area contributed by atoms with Gasteiger partial charge in [-0.05, 0) is 32.6 Å². The second-order valence-electron chi connectivity index (χ2n) is 8.33. The second-order valence-corrected chi connectivity index (χ2v) is 9.19. The van der Waals surface area contributed by atoms with Gasteiger partial charge in [-0.25, -0.2) is 19.9 Å². The lowest BCUT2D eigenvalue weighted by atomic mass is 10.1. The smallest absolute Gasteiger partial charge is 0.146 e. The molecule has 0 saturated carbocycles. The van der Waals surface area contributed by atoms with Crippen LogP contribution in [0.2, 0.25) is 0 Å². The van der Waals surface area contributed by atoms with Gasteiger partial charge in [0.1, 0.15) is 28.1 Å². The van der Waals surface area contributed by atoms with Crippen LogP contribution < -0.4 is 9.80 Å². The molecule has 1 fully saturated rings. The zero-order valence-electron chi connectivity index (χ0n) is 18.7. The van der Waals surface area contributed by atoms with Crippen LogP contribution in [0.15, 0.2) is 48.0 Å². The summed E-state index contributed by atoms with van der Waals surface area (Å²) in [5.41, 5.74) is 2.42. The van der Waals surface area contributed by atoms with Crippen molar-refractivity contribution in [2.24, 2.45) is 0 Å². The van der Waals surface area contributed by atoms with Gasteiger partial charge in [-0.3, -0.25) is 0 Å². The Hall–Kier alpha value is -3.10. The third kappa shape index (κ3) is 4.16. The van der Waals surface area contributed by atoms with Crippen LogP contribution in [-0.4, -0.2) is 65.1 Å². The first kappa shape index (κ1) is 20.8. The topological polar surface area (TPSA) is 61.3 Å². The highest BCUT2D eigenvalue weighted by molar-refractivity contribution is 7.17. The van der Waals surface area contributed by atoms with E-state index in [1.807, 2.05) is 19.2 Å². The number of anilines is 2. The lowest BCUT2D eigenvalue weighted by molar-refractivity contribution is 0.391. The number of rotatable bonds is 5. The highest BCUT2D eigenvalue weighted by atomic mass is 32.1. The van der Waals surface area contributed by atoms with E-state index in [0.29, 0.717) is 0 Å². The van der Waals surface area contributed by atoms with Crippen LogP contribution in [0, 0.1) is 6.92 Å². The van der Waals surface area contributed by atoms with Crippen molar-refractivity contribution in [3.63, 3.8) is 0 Å². The summed E-state index contributed by atoms with van der Waals surface area (Å²) < 4.78 is 0. The molecule has 0 radical (unpaired) electrons. The van der Waals surface area contributed by atoms with Crippen LogP contribution in [0.4, 0.5) is 11.6 Å². The van der Waals surface area contributed by atoms with Gasteiger partial charge in [0, 0.05) is 43.3 Å². The first-order valence-electron chi connectivity index (χ1n) is 10.9. The number of thiophene rings is 1. The average molecular weight is 446 g/mol. The number of hydrogen-bond acceptors (Lipinski definition) is 8. The third-order valence-electron chi connectivity index (χ3n) is 5.67. The molecule has 8 heteroatoms. The number of benzene rings is 1. The van der Waals surface area contributed by atoms with Crippen molar-refractivity contribution in [3.8, 4) is 11.1 Å². The highest BCUT2D eigenvalue weighted by Crippen LogP contribution is 2.38. The predicted molar refractivity (Wildman–Crippen MR) is 131 cm³/mol. The van der Waals surface area contributed by atoms with E-state index in [9.17, 15) is 0 Å². The fraction of sp³-hybridized carbons (Fsp3) is 0.333. The maximum absolute atomic E-state index is 5.07. The molecule has 7 nitrogen and oxygen atoms in total. The molecule has 0 aliphatic carbocycles. The van der Waals surface area contributed by atoms with E-state index in [-0.39, 0.29) is 0 Å². The van der Waals surface area contributed by atoms with Crippen LogP contribution in [0.25, 0.3) is 21.3 Å². The van der Waals surface area contributed by atoms with Gasteiger partial charge in [0.05, 0.1) is 11.9 Å². The summed E-state index contributed by atoms with van der Waals surface area (Å²) >= 11 is 1.70. The Morgan fingerprint density at radius 3 is 2.41 bits per heavy atom. The summed E-state index contributed by atoms with van der Waals surface area (Å²) in [7, 11) is 4.11. The van der Waals surface area contributed by atoms with Crippen molar-refractivity contribution >= 4 is 33.2 Å². The fourth-order valence-corrected chi connectivity index (χ4v) is 5.11. The molecule has 1 aliphatic heterocycles. The summed E-state index contributed by atoms with van der Waals surface area (Å²) in [5, 5.41) is 3.38. The van der Waals surface area contributed by atoms with E-state index < -0.39 is 0 Å². The molecular weight excluding hydrogens is 418 g/mol. The first-order chi connectivity index (χ1) is 15.6. The van der Waals surface area contributed by atoms with Crippen molar-refractivity contribution in [2.45, 2.75) is 13.5 Å². The minimum absolute atomic E-state index is 0.724. The van der Waals surface area contributed by atoms with Crippen LogP contribution in [0.5, 0.6) is 0 Å². The van der Waals surface area contributed by atoms with E-state index in [0.717, 1.165) is 66.2 Å². The van der Waals surface area contributed by atoms with Gasteiger partial charge in [-0.15, -0.1) is 11.3 Å². The summed E-state index contributed by atoms with van der Waals surface area (Å²) in [6.45, 7) is 6.24. The average Bonchev–Trinajstić information content (AvgIpc) is 3.23. The lowest BCUT2D eigenvalue weighted by Crippen LogP contribution is -2.47. The first-order valence-corrected chi connectivity index (χ1v) is 11.7. The van der Waals surface area contributed by atoms with Crippen LogP contribution >= 0.6 is 11.3 Å². The highest BCUT2D eigenvalue weighted by Gasteiger charge is 2.24. The van der Waals surface area contributed by atoms with Gasteiger partial charge >= 0.3 is 0 Å². The van der Waals surface area contributed by atoms with E-state index in [4.69, 9.17) is 9.97 Å².